The summed E-state index contributed by atoms with van der Waals surface area (Å²) in [6.45, 7) is 6.29. The molecule has 1 saturated heterocycles. The van der Waals surface area contributed by atoms with Crippen LogP contribution in [0.15, 0.2) is 42.7 Å². The number of nitrogens with one attached hydrogen (secondary N) is 1. The van der Waals surface area contributed by atoms with Crippen molar-refractivity contribution >= 4 is 12.0 Å². The summed E-state index contributed by atoms with van der Waals surface area (Å²) in [6.07, 6.45) is 9.51. The third kappa shape index (κ3) is 5.56. The van der Waals surface area contributed by atoms with Crippen molar-refractivity contribution in [3.05, 3.63) is 59.4 Å². The third-order valence-electron chi connectivity index (χ3n) is 4.92. The lowest BCUT2D eigenvalue weighted by Gasteiger charge is -2.30. The zero-order valence-electron chi connectivity index (χ0n) is 15.7. The first-order valence-corrected chi connectivity index (χ1v) is 9.33. The molecule has 5 heteroatoms. The van der Waals surface area contributed by atoms with Gasteiger partial charge in [-0.15, -0.1) is 0 Å². The van der Waals surface area contributed by atoms with Crippen molar-refractivity contribution in [3.63, 3.8) is 0 Å². The van der Waals surface area contributed by atoms with Gasteiger partial charge in [-0.25, -0.2) is 0 Å². The van der Waals surface area contributed by atoms with E-state index >= 15 is 0 Å². The molecule has 5 nitrogen and oxygen atoms in total. The molecule has 0 aliphatic carbocycles. The second-order valence-electron chi connectivity index (χ2n) is 7.27. The highest BCUT2D eigenvalue weighted by Gasteiger charge is 2.15. The van der Waals surface area contributed by atoms with E-state index in [4.69, 9.17) is 0 Å². The molecule has 1 aliphatic rings. The van der Waals surface area contributed by atoms with E-state index < -0.39 is 0 Å². The normalized spacial score (nSPS) is 16.2. The number of amides is 1. The number of carbonyl (C=O) groups is 1. The number of hydrogen-bond acceptors (Lipinski definition) is 3. The van der Waals surface area contributed by atoms with Crippen molar-refractivity contribution in [2.45, 2.75) is 32.9 Å². The van der Waals surface area contributed by atoms with Crippen LogP contribution in [0.2, 0.25) is 0 Å². The van der Waals surface area contributed by atoms with Crippen LogP contribution in [0.3, 0.4) is 0 Å². The highest BCUT2D eigenvalue weighted by atomic mass is 16.1. The predicted octanol–water partition coefficient (Wildman–Crippen LogP) is 2.98. The van der Waals surface area contributed by atoms with E-state index in [0.717, 1.165) is 23.6 Å². The number of aryl methyl sites for hydroxylation is 1. The second kappa shape index (κ2) is 8.81. The summed E-state index contributed by atoms with van der Waals surface area (Å²) >= 11 is 0. The van der Waals surface area contributed by atoms with E-state index in [0.29, 0.717) is 6.54 Å². The van der Waals surface area contributed by atoms with Gasteiger partial charge in [-0.2, -0.15) is 5.10 Å². The molecule has 1 amide bonds. The van der Waals surface area contributed by atoms with Gasteiger partial charge in [0.25, 0.3) is 0 Å². The van der Waals surface area contributed by atoms with E-state index in [2.05, 4.69) is 46.5 Å². The summed E-state index contributed by atoms with van der Waals surface area (Å²) in [5, 5.41) is 6.99. The van der Waals surface area contributed by atoms with E-state index in [1.54, 1.807) is 23.0 Å². The molecule has 2 heterocycles. The summed E-state index contributed by atoms with van der Waals surface area (Å²) in [7, 11) is 1.85. The Bertz CT molecular complexity index is 740. The topological polar surface area (TPSA) is 50.2 Å². The van der Waals surface area contributed by atoms with Crippen LogP contribution in [-0.2, 0) is 24.9 Å². The Balaban J connectivity index is 1.43. The van der Waals surface area contributed by atoms with Gasteiger partial charge in [-0.3, -0.25) is 14.4 Å². The Hall–Kier alpha value is -2.40. The van der Waals surface area contributed by atoms with Crippen molar-refractivity contribution in [3.8, 4) is 0 Å². The summed E-state index contributed by atoms with van der Waals surface area (Å²) in [4.78, 5) is 14.4. The van der Waals surface area contributed by atoms with Crippen LogP contribution in [0.25, 0.3) is 6.08 Å². The quantitative estimate of drug-likeness (QED) is 0.813. The number of carbonyl (C=O) groups excluding carboxylic acids is 1. The van der Waals surface area contributed by atoms with E-state index in [-0.39, 0.29) is 5.91 Å². The number of rotatable bonds is 6. The highest BCUT2D eigenvalue weighted by molar-refractivity contribution is 5.91. The maximum atomic E-state index is 11.9. The maximum Gasteiger partial charge on any atom is 0.244 e. The molecule has 1 fully saturated rings. The molecular weight excluding hydrogens is 324 g/mol. The molecule has 3 rings (SSSR count). The number of nitrogens with zero attached hydrogens (tertiary/aromatic N) is 3. The Labute approximate surface area is 155 Å². The van der Waals surface area contributed by atoms with Crippen LogP contribution in [0.4, 0.5) is 0 Å². The number of likely N-dealkylation sites (tertiary alicyclic amines) is 1. The molecule has 1 aromatic carbocycles. The molecule has 1 aliphatic heterocycles. The molecule has 0 atom stereocenters. The van der Waals surface area contributed by atoms with Gasteiger partial charge >= 0.3 is 0 Å². The molecule has 0 spiro atoms. The smallest absolute Gasteiger partial charge is 0.244 e. The molecule has 2 aromatic rings. The highest BCUT2D eigenvalue weighted by Crippen LogP contribution is 2.18. The van der Waals surface area contributed by atoms with Crippen molar-refractivity contribution in [1.82, 2.24) is 20.0 Å². The minimum absolute atomic E-state index is 0.0969. The largest absolute Gasteiger partial charge is 0.348 e. The zero-order valence-corrected chi connectivity index (χ0v) is 15.7. The van der Waals surface area contributed by atoms with Gasteiger partial charge in [0, 0.05) is 38.0 Å². The Kier molecular flexibility index (Phi) is 6.23. The summed E-state index contributed by atoms with van der Waals surface area (Å²) in [5.41, 5.74) is 3.37. The van der Waals surface area contributed by atoms with Gasteiger partial charge in [0.05, 0.1) is 6.20 Å². The van der Waals surface area contributed by atoms with E-state index in [9.17, 15) is 4.79 Å². The molecule has 1 aromatic heterocycles. The molecule has 1 N–H and O–H groups in total. The summed E-state index contributed by atoms with van der Waals surface area (Å²) in [5.74, 6) is 0.768. The molecule has 26 heavy (non-hydrogen) atoms. The van der Waals surface area contributed by atoms with Gasteiger partial charge < -0.3 is 5.32 Å². The van der Waals surface area contributed by atoms with Crippen LogP contribution in [0.1, 0.15) is 36.5 Å². The predicted molar refractivity (Wildman–Crippen MR) is 104 cm³/mol. The monoisotopic (exact) mass is 352 g/mol. The number of aromatic nitrogens is 2. The van der Waals surface area contributed by atoms with Crippen molar-refractivity contribution in [2.75, 3.05) is 13.1 Å². The van der Waals surface area contributed by atoms with Crippen molar-refractivity contribution < 1.29 is 4.79 Å². The number of benzene rings is 1. The van der Waals surface area contributed by atoms with Crippen LogP contribution < -0.4 is 5.32 Å². The summed E-state index contributed by atoms with van der Waals surface area (Å²) in [6, 6.07) is 8.55. The van der Waals surface area contributed by atoms with E-state index in [1.165, 1.54) is 31.5 Å². The van der Waals surface area contributed by atoms with Gasteiger partial charge in [0.1, 0.15) is 0 Å². The second-order valence-corrected chi connectivity index (χ2v) is 7.27. The lowest BCUT2D eigenvalue weighted by Crippen LogP contribution is -2.32. The lowest BCUT2D eigenvalue weighted by molar-refractivity contribution is -0.116. The Morgan fingerprint density at radius 3 is 2.58 bits per heavy atom. The lowest BCUT2D eigenvalue weighted by atomic mass is 9.99. The maximum absolute atomic E-state index is 11.9. The molecular formula is C21H28N4O. The first-order chi connectivity index (χ1) is 12.6. The van der Waals surface area contributed by atoms with Crippen molar-refractivity contribution in [1.29, 1.82) is 0 Å². The SMILES string of the molecule is CC1CCN(Cc2ccc(CNC(=O)/C=C/c3cnn(C)c3)cc2)CC1. The standard InChI is InChI=1S/C21H28N4O/c1-17-9-11-25(12-10-17)16-19-5-3-18(4-6-19)13-22-21(26)8-7-20-14-23-24(2)15-20/h3-8,14-15,17H,9-13,16H2,1-2H3,(H,22,26)/b8-7+. The first kappa shape index (κ1) is 18.4. The van der Waals surface area contributed by atoms with Gasteiger partial charge in [0.2, 0.25) is 5.91 Å². The average molecular weight is 352 g/mol. The fourth-order valence-electron chi connectivity index (χ4n) is 3.19. The first-order valence-electron chi connectivity index (χ1n) is 9.33. The molecule has 138 valence electrons. The Morgan fingerprint density at radius 1 is 1.23 bits per heavy atom. The summed E-state index contributed by atoms with van der Waals surface area (Å²) < 4.78 is 1.71. The average Bonchev–Trinajstić information content (AvgIpc) is 3.07. The van der Waals surface area contributed by atoms with Crippen LogP contribution in [0, 0.1) is 5.92 Å². The number of hydrogen-bond donors (Lipinski definition) is 1. The third-order valence-corrected chi connectivity index (χ3v) is 4.92. The van der Waals surface area contributed by atoms with E-state index in [1.807, 2.05) is 13.2 Å². The molecule has 0 unspecified atom stereocenters. The Morgan fingerprint density at radius 2 is 1.92 bits per heavy atom. The minimum Gasteiger partial charge on any atom is -0.348 e. The van der Waals surface area contributed by atoms with Crippen LogP contribution in [-0.4, -0.2) is 33.7 Å². The van der Waals surface area contributed by atoms with Crippen LogP contribution >= 0.6 is 0 Å². The fourth-order valence-corrected chi connectivity index (χ4v) is 3.19. The fraction of sp³-hybridized carbons (Fsp3) is 0.429. The minimum atomic E-state index is -0.0969. The van der Waals surface area contributed by atoms with Gasteiger partial charge in [-0.05, 0) is 49.1 Å². The van der Waals surface area contributed by atoms with Crippen LogP contribution in [0.5, 0.6) is 0 Å². The molecule has 0 saturated carbocycles. The number of piperidine rings is 1. The zero-order chi connectivity index (χ0) is 18.4. The molecule has 0 bridgehead atoms. The molecule has 0 radical (unpaired) electrons. The van der Waals surface area contributed by atoms with Crippen molar-refractivity contribution in [2.24, 2.45) is 13.0 Å². The van der Waals surface area contributed by atoms with Gasteiger partial charge in [0.15, 0.2) is 0 Å². The van der Waals surface area contributed by atoms with Gasteiger partial charge in [-0.1, -0.05) is 31.2 Å².